The van der Waals surface area contributed by atoms with Crippen molar-refractivity contribution in [2.45, 2.75) is 106 Å². The molecule has 0 nitrogen and oxygen atoms in total. The highest BCUT2D eigenvalue weighted by Gasteiger charge is 2.39. The fourth-order valence-corrected chi connectivity index (χ4v) is 9.23. The first-order chi connectivity index (χ1) is 20.5. The Kier molecular flexibility index (Phi) is 8.54. The van der Waals surface area contributed by atoms with E-state index in [1.807, 2.05) is 0 Å². The topological polar surface area (TPSA) is 0 Å². The number of aryl methyl sites for hydroxylation is 2. The first-order valence-corrected chi connectivity index (χ1v) is 17.5. The molecular weight excluding hydrogens is 516 g/mol. The van der Waals surface area contributed by atoms with Gasteiger partial charge in [0, 0.05) is 5.92 Å². The third kappa shape index (κ3) is 6.45. The molecule has 0 aliphatic heterocycles. The minimum atomic E-state index is 0.289. The zero-order chi connectivity index (χ0) is 30.5. The van der Waals surface area contributed by atoms with Crippen LogP contribution in [0.5, 0.6) is 0 Å². The lowest BCUT2D eigenvalue weighted by Gasteiger charge is -2.40. The zero-order valence-corrected chi connectivity index (χ0v) is 28.1. The minimum absolute atomic E-state index is 0.289. The predicted octanol–water partition coefficient (Wildman–Crippen LogP) is 12.0. The molecule has 4 unspecified atom stereocenters. The molecule has 2 aromatic rings. The van der Waals surface area contributed by atoms with Crippen molar-refractivity contribution in [3.63, 3.8) is 0 Å². The molecule has 0 radical (unpaired) electrons. The Morgan fingerprint density at radius 3 is 2.37 bits per heavy atom. The minimum Gasteiger partial charge on any atom is -0.0986 e. The lowest BCUT2D eigenvalue weighted by molar-refractivity contribution is 0.123. The van der Waals surface area contributed by atoms with Crippen molar-refractivity contribution >= 4 is 6.08 Å². The van der Waals surface area contributed by atoms with Gasteiger partial charge in [-0.05, 0) is 139 Å². The summed E-state index contributed by atoms with van der Waals surface area (Å²) in [6.45, 7) is 23.2. The average molecular weight is 573 g/mol. The van der Waals surface area contributed by atoms with Gasteiger partial charge in [0.2, 0.25) is 0 Å². The van der Waals surface area contributed by atoms with Gasteiger partial charge in [0.15, 0.2) is 0 Å². The summed E-state index contributed by atoms with van der Waals surface area (Å²) in [5.74, 6) is 4.65. The molecule has 0 N–H and O–H groups in total. The van der Waals surface area contributed by atoms with Gasteiger partial charge in [-0.15, -0.1) is 0 Å². The van der Waals surface area contributed by atoms with Crippen LogP contribution in [-0.2, 0) is 12.8 Å². The third-order valence-electron chi connectivity index (χ3n) is 11.7. The van der Waals surface area contributed by atoms with E-state index in [1.165, 1.54) is 95.0 Å². The van der Waals surface area contributed by atoms with E-state index in [0.29, 0.717) is 11.8 Å². The quantitative estimate of drug-likeness (QED) is 0.276. The van der Waals surface area contributed by atoms with Crippen molar-refractivity contribution in [3.05, 3.63) is 100 Å². The zero-order valence-electron chi connectivity index (χ0n) is 28.1. The number of hydrogen-bond acceptors (Lipinski definition) is 0. The largest absolute Gasteiger partial charge is 0.0986 e. The molecule has 4 aliphatic rings. The Morgan fingerprint density at radius 1 is 0.884 bits per heavy atom. The second-order valence-corrected chi connectivity index (χ2v) is 16.2. The van der Waals surface area contributed by atoms with Crippen LogP contribution in [0, 0.1) is 54.8 Å². The summed E-state index contributed by atoms with van der Waals surface area (Å²) in [6, 6.07) is 11.9. The first kappa shape index (κ1) is 30.4. The summed E-state index contributed by atoms with van der Waals surface area (Å²) in [5.41, 5.74) is 14.8. The van der Waals surface area contributed by atoms with Crippen LogP contribution < -0.4 is 0 Å². The summed E-state index contributed by atoms with van der Waals surface area (Å²) in [6.07, 6.45) is 20.4. The van der Waals surface area contributed by atoms with Crippen LogP contribution in [-0.4, -0.2) is 0 Å². The Labute approximate surface area is 263 Å². The van der Waals surface area contributed by atoms with Crippen molar-refractivity contribution in [2.24, 2.45) is 40.9 Å². The van der Waals surface area contributed by atoms with Crippen molar-refractivity contribution in [1.29, 1.82) is 0 Å². The first-order valence-electron chi connectivity index (χ1n) is 17.5. The summed E-state index contributed by atoms with van der Waals surface area (Å²) < 4.78 is 0. The Morgan fingerprint density at radius 2 is 1.65 bits per heavy atom. The van der Waals surface area contributed by atoms with E-state index < -0.39 is 0 Å². The van der Waals surface area contributed by atoms with Gasteiger partial charge in [-0.2, -0.15) is 0 Å². The van der Waals surface area contributed by atoms with Gasteiger partial charge in [-0.1, -0.05) is 119 Å². The number of benzene rings is 2. The van der Waals surface area contributed by atoms with Gasteiger partial charge < -0.3 is 0 Å². The van der Waals surface area contributed by atoms with Gasteiger partial charge in [-0.25, -0.2) is 0 Å². The molecule has 4 aliphatic carbocycles. The molecule has 0 amide bonds. The summed E-state index contributed by atoms with van der Waals surface area (Å²) in [7, 11) is 0. The molecule has 6 rings (SSSR count). The Balaban J connectivity index is 1.19. The highest BCUT2D eigenvalue weighted by atomic mass is 14.4. The highest BCUT2D eigenvalue weighted by molar-refractivity contribution is 5.80. The number of allylic oxidation sites excluding steroid dienone is 5. The van der Waals surface area contributed by atoms with Crippen LogP contribution in [0.25, 0.3) is 17.2 Å². The SMILES string of the molecule is C=C1C=CC(CC(C)(C)C)C(=C)C1CC1=Cc2cccc(-c3cc(C)cc(C)c3CC3CC(C4CCC(CC)C4)C3)c2C1. The number of rotatable bonds is 8. The van der Waals surface area contributed by atoms with Crippen molar-refractivity contribution in [3.8, 4) is 11.1 Å². The van der Waals surface area contributed by atoms with Crippen LogP contribution in [0.2, 0.25) is 0 Å². The summed E-state index contributed by atoms with van der Waals surface area (Å²) >= 11 is 0. The molecule has 0 saturated heterocycles. The lowest BCUT2D eigenvalue weighted by atomic mass is 9.65. The van der Waals surface area contributed by atoms with E-state index in [1.54, 1.807) is 5.56 Å². The normalized spacial score (nSPS) is 28.7. The van der Waals surface area contributed by atoms with Gasteiger partial charge in [0.05, 0.1) is 0 Å². The maximum Gasteiger partial charge on any atom is 0.00827 e. The van der Waals surface area contributed by atoms with Crippen LogP contribution >= 0.6 is 0 Å². The molecule has 4 atom stereocenters. The molecule has 228 valence electrons. The van der Waals surface area contributed by atoms with E-state index in [9.17, 15) is 0 Å². The average Bonchev–Trinajstić information content (AvgIpc) is 3.56. The maximum absolute atomic E-state index is 4.64. The van der Waals surface area contributed by atoms with Crippen LogP contribution in [0.1, 0.15) is 107 Å². The van der Waals surface area contributed by atoms with Gasteiger partial charge in [-0.3, -0.25) is 0 Å². The third-order valence-corrected chi connectivity index (χ3v) is 11.7. The molecule has 0 heteroatoms. The summed E-state index contributed by atoms with van der Waals surface area (Å²) in [4.78, 5) is 0. The van der Waals surface area contributed by atoms with Crippen LogP contribution in [0.15, 0.2) is 72.4 Å². The predicted molar refractivity (Wildman–Crippen MR) is 187 cm³/mol. The molecule has 0 spiro atoms. The van der Waals surface area contributed by atoms with Crippen molar-refractivity contribution < 1.29 is 0 Å². The van der Waals surface area contributed by atoms with E-state index >= 15 is 0 Å². The highest BCUT2D eigenvalue weighted by Crippen LogP contribution is 2.50. The van der Waals surface area contributed by atoms with Crippen LogP contribution in [0.4, 0.5) is 0 Å². The maximum atomic E-state index is 4.64. The number of hydrogen-bond donors (Lipinski definition) is 0. The van der Waals surface area contributed by atoms with Gasteiger partial charge >= 0.3 is 0 Å². The fraction of sp³-hybridized carbons (Fsp3) is 0.535. The smallest absolute Gasteiger partial charge is 0.00827 e. The molecule has 0 heterocycles. The molecule has 0 aromatic heterocycles. The standard InChI is InChI=1S/C43H56/c1-9-31-14-16-34(19-31)37-21-32(22-37)24-40-29(4)17-27(2)18-42(40)38-12-10-11-35-20-33(25-41(35)38)23-39-28(3)13-15-36(30(39)5)26-43(6,7)8/h10-13,15,17-18,20,31-32,34,36-37,39H,3,5,9,14,16,19,21-26H2,1-2,4,6-8H3. The van der Waals surface area contributed by atoms with E-state index in [-0.39, 0.29) is 5.41 Å². The molecule has 0 bridgehead atoms. The molecule has 2 fully saturated rings. The van der Waals surface area contributed by atoms with Gasteiger partial charge in [0.1, 0.15) is 0 Å². The van der Waals surface area contributed by atoms with Gasteiger partial charge in [0.25, 0.3) is 0 Å². The lowest BCUT2D eigenvalue weighted by Crippen LogP contribution is -2.30. The van der Waals surface area contributed by atoms with E-state index in [4.69, 9.17) is 0 Å². The molecule has 2 saturated carbocycles. The Bertz CT molecular complexity index is 1450. The summed E-state index contributed by atoms with van der Waals surface area (Å²) in [5, 5.41) is 0. The Hall–Kier alpha value is -2.60. The monoisotopic (exact) mass is 572 g/mol. The number of fused-ring (bicyclic) bond motifs is 1. The van der Waals surface area contributed by atoms with Crippen molar-refractivity contribution in [2.75, 3.05) is 0 Å². The molecule has 2 aromatic carbocycles. The molecule has 43 heavy (non-hydrogen) atoms. The van der Waals surface area contributed by atoms with Crippen LogP contribution in [0.3, 0.4) is 0 Å². The second kappa shape index (κ2) is 12.1. The van der Waals surface area contributed by atoms with Crippen molar-refractivity contribution in [1.82, 2.24) is 0 Å². The second-order valence-electron chi connectivity index (χ2n) is 16.2. The molecular formula is C43H56. The van der Waals surface area contributed by atoms with E-state index in [2.05, 4.69) is 103 Å². The fourth-order valence-electron chi connectivity index (χ4n) is 9.23. The van der Waals surface area contributed by atoms with E-state index in [0.717, 1.165) is 42.9 Å².